The molecule has 0 saturated heterocycles. The first-order chi connectivity index (χ1) is 8.58. The number of anilines is 2. The quantitative estimate of drug-likeness (QED) is 0.933. The van der Waals surface area contributed by atoms with Crippen molar-refractivity contribution in [3.63, 3.8) is 0 Å². The molecule has 1 heterocycles. The standard InChI is InChI=1S/C14H17N3O.ClH/c1-9-5-6-13(18-4)12(7-9)17-14-8-10(2)15-11(3)16-14;/h5-8H,1-4H3,(H,15,16,17);1H. The van der Waals surface area contributed by atoms with E-state index in [0.29, 0.717) is 0 Å². The fourth-order valence-corrected chi connectivity index (χ4v) is 1.84. The van der Waals surface area contributed by atoms with E-state index in [4.69, 9.17) is 4.74 Å². The van der Waals surface area contributed by atoms with Crippen molar-refractivity contribution in [1.82, 2.24) is 9.97 Å². The highest BCUT2D eigenvalue weighted by atomic mass is 35.5. The second-order valence-corrected chi connectivity index (χ2v) is 4.27. The lowest BCUT2D eigenvalue weighted by Crippen LogP contribution is -2.00. The van der Waals surface area contributed by atoms with Crippen molar-refractivity contribution >= 4 is 23.9 Å². The Morgan fingerprint density at radius 1 is 1.05 bits per heavy atom. The molecule has 0 aliphatic rings. The number of rotatable bonds is 3. The summed E-state index contributed by atoms with van der Waals surface area (Å²) in [6.45, 7) is 5.88. The average Bonchev–Trinajstić information content (AvgIpc) is 2.27. The van der Waals surface area contributed by atoms with Gasteiger partial charge < -0.3 is 10.1 Å². The number of halogens is 1. The van der Waals surface area contributed by atoms with E-state index in [1.165, 1.54) is 5.56 Å². The van der Waals surface area contributed by atoms with E-state index in [-0.39, 0.29) is 12.4 Å². The summed E-state index contributed by atoms with van der Waals surface area (Å²) in [5.41, 5.74) is 3.02. The molecule has 0 aliphatic carbocycles. The Kier molecular flexibility index (Phi) is 5.12. The van der Waals surface area contributed by atoms with Gasteiger partial charge in [0.25, 0.3) is 0 Å². The minimum absolute atomic E-state index is 0. The van der Waals surface area contributed by atoms with Gasteiger partial charge in [0.05, 0.1) is 12.8 Å². The van der Waals surface area contributed by atoms with E-state index in [2.05, 4.69) is 15.3 Å². The van der Waals surface area contributed by atoms with Crippen LogP contribution < -0.4 is 10.1 Å². The topological polar surface area (TPSA) is 47.0 Å². The van der Waals surface area contributed by atoms with Crippen LogP contribution in [0.4, 0.5) is 11.5 Å². The Morgan fingerprint density at radius 3 is 2.42 bits per heavy atom. The third-order valence-electron chi connectivity index (χ3n) is 2.58. The lowest BCUT2D eigenvalue weighted by molar-refractivity contribution is 0.416. The summed E-state index contributed by atoms with van der Waals surface area (Å²) >= 11 is 0. The summed E-state index contributed by atoms with van der Waals surface area (Å²) in [6, 6.07) is 7.90. The molecule has 1 aromatic carbocycles. The number of aromatic nitrogens is 2. The summed E-state index contributed by atoms with van der Waals surface area (Å²) in [7, 11) is 1.66. The van der Waals surface area contributed by atoms with Gasteiger partial charge in [-0.2, -0.15) is 0 Å². The normalized spacial score (nSPS) is 9.68. The van der Waals surface area contributed by atoms with E-state index in [1.807, 2.05) is 45.0 Å². The number of hydrogen-bond donors (Lipinski definition) is 1. The predicted octanol–water partition coefficient (Wildman–Crippen LogP) is 3.58. The molecule has 102 valence electrons. The molecule has 1 N–H and O–H groups in total. The molecule has 0 radical (unpaired) electrons. The summed E-state index contributed by atoms with van der Waals surface area (Å²) in [4.78, 5) is 8.61. The fourth-order valence-electron chi connectivity index (χ4n) is 1.84. The maximum Gasteiger partial charge on any atom is 0.142 e. The first-order valence-electron chi connectivity index (χ1n) is 5.82. The molecule has 0 amide bonds. The molecule has 0 spiro atoms. The maximum atomic E-state index is 5.33. The minimum Gasteiger partial charge on any atom is -0.495 e. The van der Waals surface area contributed by atoms with Crippen LogP contribution in [0.3, 0.4) is 0 Å². The van der Waals surface area contributed by atoms with Gasteiger partial charge in [-0.3, -0.25) is 0 Å². The van der Waals surface area contributed by atoms with Gasteiger partial charge in [0.15, 0.2) is 0 Å². The monoisotopic (exact) mass is 279 g/mol. The van der Waals surface area contributed by atoms with E-state index >= 15 is 0 Å². The van der Waals surface area contributed by atoms with Crippen LogP contribution in [-0.4, -0.2) is 17.1 Å². The van der Waals surface area contributed by atoms with Gasteiger partial charge in [-0.1, -0.05) is 6.07 Å². The van der Waals surface area contributed by atoms with Gasteiger partial charge in [-0.15, -0.1) is 12.4 Å². The fraction of sp³-hybridized carbons (Fsp3) is 0.286. The number of nitrogens with zero attached hydrogens (tertiary/aromatic N) is 2. The number of methoxy groups -OCH3 is 1. The van der Waals surface area contributed by atoms with Gasteiger partial charge in [0, 0.05) is 11.8 Å². The number of aryl methyl sites for hydroxylation is 3. The minimum atomic E-state index is 0. The van der Waals surface area contributed by atoms with E-state index in [0.717, 1.165) is 28.8 Å². The third kappa shape index (κ3) is 3.83. The first kappa shape index (κ1) is 15.2. The Morgan fingerprint density at radius 2 is 1.79 bits per heavy atom. The van der Waals surface area contributed by atoms with Gasteiger partial charge in [-0.25, -0.2) is 9.97 Å². The molecule has 0 aliphatic heterocycles. The smallest absolute Gasteiger partial charge is 0.142 e. The zero-order valence-electron chi connectivity index (χ0n) is 11.5. The van der Waals surface area contributed by atoms with Crippen molar-refractivity contribution in [3.8, 4) is 5.75 Å². The molecule has 1 aromatic heterocycles. The van der Waals surface area contributed by atoms with Crippen LogP contribution in [0.15, 0.2) is 24.3 Å². The highest BCUT2D eigenvalue weighted by molar-refractivity contribution is 5.85. The van der Waals surface area contributed by atoms with Crippen LogP contribution >= 0.6 is 12.4 Å². The van der Waals surface area contributed by atoms with Gasteiger partial charge in [0.2, 0.25) is 0 Å². The van der Waals surface area contributed by atoms with Crippen LogP contribution in [0.5, 0.6) is 5.75 Å². The largest absolute Gasteiger partial charge is 0.495 e. The summed E-state index contributed by atoms with van der Waals surface area (Å²) in [5.74, 6) is 2.34. The lowest BCUT2D eigenvalue weighted by atomic mass is 10.2. The Labute approximate surface area is 119 Å². The Bertz CT molecular complexity index is 552. The second-order valence-electron chi connectivity index (χ2n) is 4.27. The molecule has 2 aromatic rings. The van der Waals surface area contributed by atoms with Crippen molar-refractivity contribution in [3.05, 3.63) is 41.3 Å². The van der Waals surface area contributed by atoms with Crippen molar-refractivity contribution in [2.45, 2.75) is 20.8 Å². The zero-order valence-corrected chi connectivity index (χ0v) is 12.3. The molecular formula is C14H18ClN3O. The van der Waals surface area contributed by atoms with Crippen molar-refractivity contribution < 1.29 is 4.74 Å². The van der Waals surface area contributed by atoms with Crippen LogP contribution in [0.2, 0.25) is 0 Å². The molecule has 0 saturated carbocycles. The second kappa shape index (κ2) is 6.38. The number of nitrogens with one attached hydrogen (secondary N) is 1. The maximum absolute atomic E-state index is 5.33. The number of ether oxygens (including phenoxy) is 1. The SMILES string of the molecule is COc1ccc(C)cc1Nc1cc(C)nc(C)n1.Cl. The van der Waals surface area contributed by atoms with Crippen LogP contribution in [-0.2, 0) is 0 Å². The molecule has 0 unspecified atom stereocenters. The van der Waals surface area contributed by atoms with Crippen molar-refractivity contribution in [2.75, 3.05) is 12.4 Å². The Hall–Kier alpha value is -1.81. The molecule has 4 nitrogen and oxygen atoms in total. The molecule has 19 heavy (non-hydrogen) atoms. The zero-order chi connectivity index (χ0) is 13.1. The van der Waals surface area contributed by atoms with Gasteiger partial charge in [0.1, 0.15) is 17.4 Å². The summed E-state index contributed by atoms with van der Waals surface area (Å²) in [6.07, 6.45) is 0. The van der Waals surface area contributed by atoms with Crippen molar-refractivity contribution in [2.24, 2.45) is 0 Å². The summed E-state index contributed by atoms with van der Waals surface area (Å²) in [5, 5.41) is 3.27. The van der Waals surface area contributed by atoms with Crippen LogP contribution in [0, 0.1) is 20.8 Å². The molecule has 5 heteroatoms. The van der Waals surface area contributed by atoms with Gasteiger partial charge in [-0.05, 0) is 38.5 Å². The van der Waals surface area contributed by atoms with E-state index in [1.54, 1.807) is 7.11 Å². The highest BCUT2D eigenvalue weighted by Crippen LogP contribution is 2.27. The van der Waals surface area contributed by atoms with Crippen LogP contribution in [0.1, 0.15) is 17.1 Å². The molecule has 0 bridgehead atoms. The average molecular weight is 280 g/mol. The summed E-state index contributed by atoms with van der Waals surface area (Å²) < 4.78 is 5.33. The first-order valence-corrected chi connectivity index (χ1v) is 5.82. The molecule has 0 fully saturated rings. The van der Waals surface area contributed by atoms with Crippen molar-refractivity contribution in [1.29, 1.82) is 0 Å². The third-order valence-corrected chi connectivity index (χ3v) is 2.58. The Balaban J connectivity index is 0.00000180. The molecule has 2 rings (SSSR count). The highest BCUT2D eigenvalue weighted by Gasteiger charge is 2.05. The van der Waals surface area contributed by atoms with E-state index in [9.17, 15) is 0 Å². The lowest BCUT2D eigenvalue weighted by Gasteiger charge is -2.12. The number of hydrogen-bond acceptors (Lipinski definition) is 4. The molecular weight excluding hydrogens is 262 g/mol. The predicted molar refractivity (Wildman–Crippen MR) is 79.8 cm³/mol. The van der Waals surface area contributed by atoms with Gasteiger partial charge >= 0.3 is 0 Å². The number of benzene rings is 1. The van der Waals surface area contributed by atoms with Crippen LogP contribution in [0.25, 0.3) is 0 Å². The van der Waals surface area contributed by atoms with E-state index < -0.39 is 0 Å². The molecule has 0 atom stereocenters.